The average molecular weight is 382 g/mol. The summed E-state index contributed by atoms with van der Waals surface area (Å²) in [5.74, 6) is -0.458. The summed E-state index contributed by atoms with van der Waals surface area (Å²) in [5.41, 5.74) is 0.973. The van der Waals surface area contributed by atoms with Crippen LogP contribution < -0.4 is 10.6 Å². The highest BCUT2D eigenvalue weighted by Gasteiger charge is 2.10. The summed E-state index contributed by atoms with van der Waals surface area (Å²) < 4.78 is 0.729. The summed E-state index contributed by atoms with van der Waals surface area (Å²) in [5, 5.41) is 5.86. The Bertz CT molecular complexity index is 632. The number of hydrogen-bond donors (Lipinski definition) is 2. The summed E-state index contributed by atoms with van der Waals surface area (Å²) in [6.45, 7) is 0.649. The molecule has 0 saturated heterocycles. The second-order valence-electron chi connectivity index (χ2n) is 4.47. The van der Waals surface area contributed by atoms with Crippen molar-refractivity contribution in [3.63, 3.8) is 0 Å². The van der Waals surface area contributed by atoms with Crippen LogP contribution in [0.5, 0.6) is 0 Å². The van der Waals surface area contributed by atoms with Gasteiger partial charge in [0.15, 0.2) is 0 Å². The molecule has 0 fully saturated rings. The molecule has 0 bridgehead atoms. The maximum absolute atomic E-state index is 12.0. The number of halogens is 2. The first kappa shape index (κ1) is 16.5. The molecule has 0 aliphatic heterocycles. The van der Waals surface area contributed by atoms with Gasteiger partial charge in [-0.25, -0.2) is 0 Å². The minimum atomic E-state index is -0.263. The molecular formula is C16H14BrClN2O2. The Morgan fingerprint density at radius 3 is 1.95 bits per heavy atom. The zero-order valence-electron chi connectivity index (χ0n) is 11.6. The summed E-state index contributed by atoms with van der Waals surface area (Å²) in [6.07, 6.45) is 0. The standard InChI is InChI=1S/C16H14BrClN2O2/c17-13-7-3-1-5-11(13)15(21)19-9-10-20-16(22)12-6-2-4-8-14(12)18/h1-8H,9-10H2,(H,19,21)(H,20,22). The van der Waals surface area contributed by atoms with Crippen LogP contribution in [0.1, 0.15) is 20.7 Å². The molecular weight excluding hydrogens is 368 g/mol. The van der Waals surface area contributed by atoms with Gasteiger partial charge in [-0.3, -0.25) is 9.59 Å². The number of nitrogens with one attached hydrogen (secondary N) is 2. The zero-order chi connectivity index (χ0) is 15.9. The molecule has 0 radical (unpaired) electrons. The van der Waals surface area contributed by atoms with E-state index < -0.39 is 0 Å². The van der Waals surface area contributed by atoms with Gasteiger partial charge in [0.2, 0.25) is 0 Å². The van der Waals surface area contributed by atoms with E-state index in [4.69, 9.17) is 11.6 Å². The molecule has 0 saturated carbocycles. The van der Waals surface area contributed by atoms with Crippen LogP contribution in [0.2, 0.25) is 5.02 Å². The monoisotopic (exact) mass is 380 g/mol. The van der Waals surface area contributed by atoms with Gasteiger partial charge in [-0.15, -0.1) is 0 Å². The van der Waals surface area contributed by atoms with E-state index in [-0.39, 0.29) is 11.8 Å². The van der Waals surface area contributed by atoms with Crippen LogP contribution in [-0.2, 0) is 0 Å². The lowest BCUT2D eigenvalue weighted by atomic mass is 10.2. The van der Waals surface area contributed by atoms with Crippen LogP contribution in [0.15, 0.2) is 53.0 Å². The van der Waals surface area contributed by atoms with Gasteiger partial charge in [0.05, 0.1) is 16.1 Å². The fraction of sp³-hybridized carbons (Fsp3) is 0.125. The van der Waals surface area contributed by atoms with Crippen LogP contribution in [0.25, 0.3) is 0 Å². The van der Waals surface area contributed by atoms with E-state index in [2.05, 4.69) is 26.6 Å². The van der Waals surface area contributed by atoms with Crippen LogP contribution in [-0.4, -0.2) is 24.9 Å². The summed E-state index contributed by atoms with van der Waals surface area (Å²) in [7, 11) is 0. The van der Waals surface area contributed by atoms with E-state index in [9.17, 15) is 9.59 Å². The first-order valence-corrected chi connectivity index (χ1v) is 7.82. The molecule has 22 heavy (non-hydrogen) atoms. The third-order valence-corrected chi connectivity index (χ3v) is 3.95. The fourth-order valence-electron chi connectivity index (χ4n) is 1.83. The van der Waals surface area contributed by atoms with Gasteiger partial charge in [-0.2, -0.15) is 0 Å². The highest BCUT2D eigenvalue weighted by molar-refractivity contribution is 9.10. The Morgan fingerprint density at radius 2 is 1.36 bits per heavy atom. The molecule has 2 rings (SSSR count). The highest BCUT2D eigenvalue weighted by atomic mass is 79.9. The Morgan fingerprint density at radius 1 is 0.864 bits per heavy atom. The quantitative estimate of drug-likeness (QED) is 0.781. The molecule has 0 aliphatic rings. The van der Waals surface area contributed by atoms with E-state index in [1.807, 2.05) is 6.07 Å². The third-order valence-electron chi connectivity index (χ3n) is 2.93. The Hall–Kier alpha value is -1.85. The lowest BCUT2D eigenvalue weighted by molar-refractivity contribution is 0.0927. The van der Waals surface area contributed by atoms with Crippen molar-refractivity contribution < 1.29 is 9.59 Å². The molecule has 0 spiro atoms. The SMILES string of the molecule is O=C(NCCNC(=O)c1ccccc1Br)c1ccccc1Cl. The van der Waals surface area contributed by atoms with Gasteiger partial charge in [0.25, 0.3) is 11.8 Å². The van der Waals surface area contributed by atoms with Crippen molar-refractivity contribution in [3.05, 3.63) is 69.2 Å². The maximum Gasteiger partial charge on any atom is 0.252 e. The first-order valence-electron chi connectivity index (χ1n) is 6.65. The van der Waals surface area contributed by atoms with Crippen molar-refractivity contribution in [1.29, 1.82) is 0 Å². The van der Waals surface area contributed by atoms with E-state index in [0.717, 1.165) is 4.47 Å². The Kier molecular flexibility index (Phi) is 5.98. The summed E-state index contributed by atoms with van der Waals surface area (Å²) >= 11 is 9.27. The van der Waals surface area contributed by atoms with Gasteiger partial charge in [0.1, 0.15) is 0 Å². The van der Waals surface area contributed by atoms with E-state index in [1.54, 1.807) is 42.5 Å². The second-order valence-corrected chi connectivity index (χ2v) is 5.73. The molecule has 0 aliphatic carbocycles. The molecule has 2 amide bonds. The number of carbonyl (C=O) groups is 2. The van der Waals surface area contributed by atoms with Crippen molar-refractivity contribution >= 4 is 39.3 Å². The fourth-order valence-corrected chi connectivity index (χ4v) is 2.52. The third kappa shape index (κ3) is 4.32. The molecule has 0 atom stereocenters. The zero-order valence-corrected chi connectivity index (χ0v) is 13.9. The molecule has 2 aromatic rings. The van der Waals surface area contributed by atoms with Gasteiger partial charge in [-0.1, -0.05) is 35.9 Å². The number of hydrogen-bond acceptors (Lipinski definition) is 2. The molecule has 0 aromatic heterocycles. The predicted octanol–water partition coefficient (Wildman–Crippen LogP) is 3.26. The van der Waals surface area contributed by atoms with Gasteiger partial charge >= 0.3 is 0 Å². The maximum atomic E-state index is 12.0. The molecule has 0 unspecified atom stereocenters. The van der Waals surface area contributed by atoms with Gasteiger partial charge in [0, 0.05) is 17.6 Å². The van der Waals surface area contributed by atoms with Crippen LogP contribution in [0.4, 0.5) is 0 Å². The second kappa shape index (κ2) is 7.96. The lowest BCUT2D eigenvalue weighted by Crippen LogP contribution is -2.34. The highest BCUT2D eigenvalue weighted by Crippen LogP contribution is 2.15. The smallest absolute Gasteiger partial charge is 0.252 e. The van der Waals surface area contributed by atoms with Gasteiger partial charge in [-0.05, 0) is 40.2 Å². The molecule has 2 N–H and O–H groups in total. The molecule has 0 heterocycles. The van der Waals surface area contributed by atoms with Crippen molar-refractivity contribution in [1.82, 2.24) is 10.6 Å². The Labute approximate surface area is 142 Å². The number of rotatable bonds is 5. The molecule has 114 valence electrons. The molecule has 4 nitrogen and oxygen atoms in total. The first-order chi connectivity index (χ1) is 10.6. The average Bonchev–Trinajstić information content (AvgIpc) is 2.52. The number of carbonyl (C=O) groups excluding carboxylic acids is 2. The van der Waals surface area contributed by atoms with E-state index in [1.165, 1.54) is 0 Å². The van der Waals surface area contributed by atoms with Crippen LogP contribution in [0, 0.1) is 0 Å². The molecule has 6 heteroatoms. The summed E-state index contributed by atoms with van der Waals surface area (Å²) in [4.78, 5) is 23.9. The normalized spacial score (nSPS) is 10.1. The van der Waals surface area contributed by atoms with Crippen molar-refractivity contribution in [2.24, 2.45) is 0 Å². The summed E-state index contributed by atoms with van der Waals surface area (Å²) in [6, 6.07) is 14.0. The number of benzene rings is 2. The van der Waals surface area contributed by atoms with E-state index >= 15 is 0 Å². The van der Waals surface area contributed by atoms with Crippen molar-refractivity contribution in [2.75, 3.05) is 13.1 Å². The van der Waals surface area contributed by atoms with Gasteiger partial charge < -0.3 is 10.6 Å². The van der Waals surface area contributed by atoms with Crippen molar-refractivity contribution in [3.8, 4) is 0 Å². The van der Waals surface area contributed by atoms with Crippen molar-refractivity contribution in [2.45, 2.75) is 0 Å². The minimum absolute atomic E-state index is 0.195. The predicted molar refractivity (Wildman–Crippen MR) is 90.3 cm³/mol. The molecule has 2 aromatic carbocycles. The lowest BCUT2D eigenvalue weighted by Gasteiger charge is -2.09. The van der Waals surface area contributed by atoms with E-state index in [0.29, 0.717) is 29.2 Å². The van der Waals surface area contributed by atoms with Crippen LogP contribution in [0.3, 0.4) is 0 Å². The largest absolute Gasteiger partial charge is 0.350 e. The van der Waals surface area contributed by atoms with Crippen LogP contribution >= 0.6 is 27.5 Å². The topological polar surface area (TPSA) is 58.2 Å². The Balaban J connectivity index is 1.80. The number of amides is 2. The minimum Gasteiger partial charge on any atom is -0.350 e.